The number of alkyl carbamates (subject to hydrolysis) is 1. The fourth-order valence-electron chi connectivity index (χ4n) is 10.9. The van der Waals surface area contributed by atoms with E-state index >= 15 is 0 Å². The Labute approximate surface area is 527 Å². The Hall–Kier alpha value is -5.98. The Morgan fingerprint density at radius 1 is 1.08 bits per heavy atom. The minimum Gasteiger partial charge on any atom is -0.495 e. The Morgan fingerprint density at radius 3 is 2.44 bits per heavy atom. The minimum absolute atomic E-state index is 0.113. The number of likely N-dealkylation sites (N-methyl/N-ethyl adjacent to an activating group) is 1. The van der Waals surface area contributed by atoms with Gasteiger partial charge in [0.05, 0.1) is 69.1 Å². The summed E-state index contributed by atoms with van der Waals surface area (Å²) in [5, 5.41) is 97.3. The van der Waals surface area contributed by atoms with E-state index in [9.17, 15) is 74.4 Å². The van der Waals surface area contributed by atoms with Crippen molar-refractivity contribution in [2.45, 2.75) is 175 Å². The second-order valence-electron chi connectivity index (χ2n) is 22.9. The molecule has 19 atom stereocenters. The average Bonchev–Trinajstić information content (AvgIpc) is 1.55. The smallest absolute Gasteiger partial charge is 0.409 e. The van der Waals surface area contributed by atoms with Crippen molar-refractivity contribution in [3.05, 3.63) is 57.0 Å². The van der Waals surface area contributed by atoms with Crippen LogP contribution >= 0.6 is 23.4 Å². The van der Waals surface area contributed by atoms with Crippen LogP contribution in [0.15, 0.2) is 41.0 Å². The molecule has 5 heterocycles. The third kappa shape index (κ3) is 17.6. The molecule has 19 unspecified atom stereocenters. The van der Waals surface area contributed by atoms with Crippen molar-refractivity contribution in [1.82, 2.24) is 20.9 Å². The molecule has 32 nitrogen and oxygen atoms in total. The number of hydrogen-bond acceptors (Lipinski definition) is 25. The lowest BCUT2D eigenvalue weighted by atomic mass is 9.83. The van der Waals surface area contributed by atoms with Gasteiger partial charge in [-0.2, -0.15) is 11.8 Å². The van der Waals surface area contributed by atoms with Gasteiger partial charge in [0.25, 0.3) is 5.79 Å². The minimum atomic E-state index is -2.84. The first-order chi connectivity index (χ1) is 42.3. The Bertz CT molecular complexity index is 2880. The number of benzene rings is 1. The van der Waals surface area contributed by atoms with Gasteiger partial charge in [0, 0.05) is 70.5 Å². The average molecular weight is 1320 g/mol. The number of ether oxygens (including phenoxy) is 9. The summed E-state index contributed by atoms with van der Waals surface area (Å²) in [6.45, 7) is 5.56. The molecule has 502 valence electrons. The predicted octanol–water partition coefficient (Wildman–Crippen LogP) is -0.938. The number of azide groups is 1. The molecule has 0 radical (unpaired) electrons. The van der Waals surface area contributed by atoms with Crippen LogP contribution in [0.25, 0.3) is 10.4 Å². The van der Waals surface area contributed by atoms with Gasteiger partial charge in [-0.15, -0.1) is 0 Å². The lowest BCUT2D eigenvalue weighted by molar-refractivity contribution is -0.338. The number of carboxylic acids is 1. The van der Waals surface area contributed by atoms with Crippen LogP contribution in [0.5, 0.6) is 5.75 Å². The van der Waals surface area contributed by atoms with E-state index in [4.69, 9.17) is 59.8 Å². The van der Waals surface area contributed by atoms with Crippen molar-refractivity contribution in [2.75, 3.05) is 71.0 Å². The van der Waals surface area contributed by atoms with Crippen molar-refractivity contribution < 1.29 is 117 Å². The molecule has 6 rings (SSSR count). The van der Waals surface area contributed by atoms with Gasteiger partial charge in [0.15, 0.2) is 12.0 Å². The monoisotopic (exact) mass is 1320 g/mol. The number of methoxy groups -OCH3 is 2. The van der Waals surface area contributed by atoms with E-state index in [2.05, 4.69) is 26.0 Å². The number of carboxylic acid groups (broad SMARTS) is 1. The quantitative estimate of drug-likeness (QED) is 0.0157. The van der Waals surface area contributed by atoms with Crippen LogP contribution in [0, 0.1) is 5.92 Å². The van der Waals surface area contributed by atoms with Gasteiger partial charge < -0.3 is 104 Å². The topological polar surface area (TPSA) is 459 Å². The molecule has 11 N–H and O–H groups in total. The molecule has 5 amide bonds. The summed E-state index contributed by atoms with van der Waals surface area (Å²) in [6, 6.07) is 0.745. The standard InChI is InChI=1S/C56H81ClN8O24S/c1-26-11-10-12-37(82-9)55(80)22-35(86-53(79)62-55)27(2)49-54(5,89-49)38(20-41(71)65(7)31-18-30(17-26)19-34(81-8)42(31)57)87-50(76)28(3)64(6)40(70)13-16-90-25-39(69)59-14-15-83-51-47(75)46(74)45(73)36(85-51)24-84-56(52(77)78)21-32(67)43(61-29(4)66)48(88-56)44(72)33(68)23-60-63-58/h10-12,18-19,27-28,32-33,35-38,43-49,51,67-68,72-75,80H,13-17,20-25H2,1-9H3,(H,59,69)(H,61,66)(H,62,79)(H,77,78)/b12-10+,26-11+. The molecule has 0 aliphatic carbocycles. The van der Waals surface area contributed by atoms with E-state index in [0.717, 1.165) is 34.7 Å². The van der Waals surface area contributed by atoms with Crippen LogP contribution in [0.3, 0.4) is 0 Å². The number of anilines is 1. The van der Waals surface area contributed by atoms with Gasteiger partial charge in [-0.3, -0.25) is 24.5 Å². The summed E-state index contributed by atoms with van der Waals surface area (Å²) in [6.07, 6.45) is -17.9. The van der Waals surface area contributed by atoms with Gasteiger partial charge in [-0.25, -0.2) is 14.4 Å². The van der Waals surface area contributed by atoms with Gasteiger partial charge >= 0.3 is 18.0 Å². The van der Waals surface area contributed by atoms with E-state index in [0.29, 0.717) is 17.9 Å². The van der Waals surface area contributed by atoms with E-state index in [-0.39, 0.29) is 42.5 Å². The second kappa shape index (κ2) is 31.6. The van der Waals surface area contributed by atoms with Crippen LogP contribution in [0.4, 0.5) is 10.5 Å². The fourth-order valence-corrected chi connectivity index (χ4v) is 12.0. The zero-order valence-electron chi connectivity index (χ0n) is 51.0. The number of epoxide rings is 1. The first-order valence-corrected chi connectivity index (χ1v) is 30.3. The highest BCUT2D eigenvalue weighted by molar-refractivity contribution is 7.99. The van der Waals surface area contributed by atoms with Gasteiger partial charge in [0.2, 0.25) is 23.6 Å². The Morgan fingerprint density at radius 2 is 1.79 bits per heavy atom. The number of aliphatic hydroxyl groups is 7. The SMILES string of the molecule is COc1cc2cc(c1Cl)N(C)C(=O)CC(OC(=O)C(C)N(C)C(=O)CCSCC(=O)NCCOC1OC(COC3(C(=O)O)CC(O)C(NC(C)=O)C(C(O)C(O)CN=[N+]=[N-])O3)C(O)C(O)C1O)C1(C)OC1C(C)C1CC(O)(NC(=O)O1)C(OC)/C=C/C=C(\C)C2. The van der Waals surface area contributed by atoms with Crippen molar-refractivity contribution in [3.63, 3.8) is 0 Å². The van der Waals surface area contributed by atoms with Crippen molar-refractivity contribution in [2.24, 2.45) is 11.0 Å². The van der Waals surface area contributed by atoms with Crippen molar-refractivity contribution in [1.29, 1.82) is 0 Å². The number of carbonyl (C=O) groups is 7. The number of allylic oxidation sites excluding steroid dienone is 3. The van der Waals surface area contributed by atoms with E-state index in [1.54, 1.807) is 38.1 Å². The lowest BCUT2D eigenvalue weighted by Gasteiger charge is -2.47. The van der Waals surface area contributed by atoms with Crippen LogP contribution < -0.4 is 25.6 Å². The number of rotatable bonds is 23. The van der Waals surface area contributed by atoms with Gasteiger partial charge in [-0.1, -0.05) is 47.4 Å². The highest BCUT2D eigenvalue weighted by atomic mass is 35.5. The first-order valence-electron chi connectivity index (χ1n) is 28.7. The van der Waals surface area contributed by atoms with E-state index in [1.165, 1.54) is 40.1 Å². The number of carbonyl (C=O) groups excluding carboxylic acids is 6. The zero-order chi connectivity index (χ0) is 66.7. The van der Waals surface area contributed by atoms with Crippen molar-refractivity contribution >= 4 is 70.7 Å². The molecule has 0 aromatic heterocycles. The molecule has 4 fully saturated rings. The van der Waals surface area contributed by atoms with Crippen LogP contribution in [-0.4, -0.2) is 262 Å². The molecule has 5 aliphatic rings. The van der Waals surface area contributed by atoms with Crippen LogP contribution in [-0.2, 0) is 73.1 Å². The maximum absolute atomic E-state index is 14.4. The molecule has 5 aliphatic heterocycles. The lowest BCUT2D eigenvalue weighted by Crippen LogP contribution is -2.68. The summed E-state index contributed by atoms with van der Waals surface area (Å²) < 4.78 is 51.7. The summed E-state index contributed by atoms with van der Waals surface area (Å²) in [5.74, 6) is -8.28. The zero-order valence-corrected chi connectivity index (χ0v) is 52.6. The number of nitrogens with zero attached hydrogens (tertiary/aromatic N) is 5. The number of amides is 5. The molecule has 1 aromatic carbocycles. The maximum Gasteiger partial charge on any atom is 0.409 e. The highest BCUT2D eigenvalue weighted by Crippen LogP contribution is 2.49. The second-order valence-corrected chi connectivity index (χ2v) is 24.3. The van der Waals surface area contributed by atoms with Crippen LogP contribution in [0.1, 0.15) is 65.9 Å². The van der Waals surface area contributed by atoms with Gasteiger partial charge in [0.1, 0.15) is 77.4 Å². The summed E-state index contributed by atoms with van der Waals surface area (Å²) >= 11 is 7.88. The molecule has 0 spiro atoms. The summed E-state index contributed by atoms with van der Waals surface area (Å²) in [5.41, 5.74) is 7.27. The number of hydrogen-bond donors (Lipinski definition) is 11. The number of aliphatic hydroxyl groups excluding tert-OH is 6. The molecule has 90 heavy (non-hydrogen) atoms. The maximum atomic E-state index is 14.4. The Balaban J connectivity index is 1.02. The largest absolute Gasteiger partial charge is 0.495 e. The third-order valence-corrected chi connectivity index (χ3v) is 17.7. The molecule has 4 saturated heterocycles. The highest BCUT2D eigenvalue weighted by Gasteiger charge is 2.65. The molecule has 0 saturated carbocycles. The fraction of sp³-hybridized carbons (Fsp3) is 0.696. The number of esters is 1. The molecular formula is C56H81ClN8O24S. The van der Waals surface area contributed by atoms with Gasteiger partial charge in [-0.05, 0) is 50.4 Å². The van der Waals surface area contributed by atoms with Crippen LogP contribution in [0.2, 0.25) is 5.02 Å². The summed E-state index contributed by atoms with van der Waals surface area (Å²) in [7, 11) is 5.71. The normalized spacial score (nSPS) is 34.0. The summed E-state index contributed by atoms with van der Waals surface area (Å²) in [4.78, 5) is 97.5. The van der Waals surface area contributed by atoms with E-state index < -0.39 is 182 Å². The molecular weight excluding hydrogens is 1240 g/mol. The number of thioether (sulfide) groups is 1. The molecule has 4 bridgehead atoms. The third-order valence-electron chi connectivity index (χ3n) is 16.4. The van der Waals surface area contributed by atoms with E-state index in [1.807, 2.05) is 13.0 Å². The van der Waals surface area contributed by atoms with Crippen molar-refractivity contribution in [3.8, 4) is 5.75 Å². The predicted molar refractivity (Wildman–Crippen MR) is 314 cm³/mol. The first kappa shape index (κ1) is 73.1. The number of nitrogens with one attached hydrogen (secondary N) is 3. The Kier molecular flexibility index (Phi) is 25.6. The number of fused-ring (bicyclic) bond motifs is 5. The number of aliphatic carboxylic acids is 1. The molecule has 34 heteroatoms. The molecule has 1 aromatic rings. The number of halogens is 1.